The molecule has 3 rings (SSSR count). The number of alkyl halides is 1. The van der Waals surface area contributed by atoms with Crippen LogP contribution in [0.5, 0.6) is 11.5 Å². The Balaban J connectivity index is 1.44. The first-order valence-electron chi connectivity index (χ1n) is 9.59. The number of rotatable bonds is 10. The fraction of sp³-hybridized carbons (Fsp3) is 0.455. The minimum absolute atomic E-state index is 0.630. The van der Waals surface area contributed by atoms with E-state index in [1.807, 2.05) is 12.1 Å². The van der Waals surface area contributed by atoms with Crippen LogP contribution in [0.25, 0.3) is 11.1 Å². The normalized spacial score (nSPS) is 14.5. The molecule has 2 aromatic rings. The van der Waals surface area contributed by atoms with E-state index in [0.717, 1.165) is 37.5 Å². The smallest absolute Gasteiger partial charge is 0.119 e. The summed E-state index contributed by atoms with van der Waals surface area (Å²) >= 11 is 5.66. The first-order chi connectivity index (χ1) is 12.8. The second kappa shape index (κ2) is 10.4. The highest BCUT2D eigenvalue weighted by Crippen LogP contribution is 2.25. The summed E-state index contributed by atoms with van der Waals surface area (Å²) in [4.78, 5) is 2.52. The molecular formula is C22H28ClNO2. The zero-order valence-corrected chi connectivity index (χ0v) is 16.1. The second-order valence-corrected chi connectivity index (χ2v) is 7.07. The van der Waals surface area contributed by atoms with Gasteiger partial charge in [-0.3, -0.25) is 0 Å². The van der Waals surface area contributed by atoms with E-state index >= 15 is 0 Å². The van der Waals surface area contributed by atoms with Crippen LogP contribution >= 0.6 is 11.6 Å². The molecule has 1 aliphatic heterocycles. The largest absolute Gasteiger partial charge is 0.494 e. The molecule has 3 nitrogen and oxygen atoms in total. The molecule has 1 saturated heterocycles. The molecule has 0 bridgehead atoms. The van der Waals surface area contributed by atoms with Gasteiger partial charge >= 0.3 is 0 Å². The van der Waals surface area contributed by atoms with Gasteiger partial charge in [0.1, 0.15) is 11.5 Å². The summed E-state index contributed by atoms with van der Waals surface area (Å²) in [6.45, 7) is 5.10. The van der Waals surface area contributed by atoms with Crippen LogP contribution in [0, 0.1) is 0 Å². The number of benzene rings is 2. The number of halogens is 1. The lowest BCUT2D eigenvalue weighted by molar-refractivity contribution is 0.263. The summed E-state index contributed by atoms with van der Waals surface area (Å²) in [6.07, 6.45) is 4.65. The number of ether oxygens (including phenoxy) is 2. The molecule has 26 heavy (non-hydrogen) atoms. The summed E-state index contributed by atoms with van der Waals surface area (Å²) in [5.41, 5.74) is 2.36. The van der Waals surface area contributed by atoms with Gasteiger partial charge in [-0.2, -0.15) is 0 Å². The zero-order chi connectivity index (χ0) is 18.0. The Morgan fingerprint density at radius 1 is 0.731 bits per heavy atom. The standard InChI is InChI=1S/C22H28ClNO2/c23-13-3-17-25-21-9-5-19(6-10-21)20-7-11-22(12-8-20)26-18-4-16-24-14-1-2-15-24/h5-12H,1-4,13-18H2. The molecule has 0 unspecified atom stereocenters. The van der Waals surface area contributed by atoms with Crippen LogP contribution in [0.2, 0.25) is 0 Å². The summed E-state index contributed by atoms with van der Waals surface area (Å²) < 4.78 is 11.5. The highest BCUT2D eigenvalue weighted by Gasteiger charge is 2.10. The maximum Gasteiger partial charge on any atom is 0.119 e. The van der Waals surface area contributed by atoms with Crippen molar-refractivity contribution < 1.29 is 9.47 Å². The first kappa shape index (κ1) is 19.1. The molecule has 1 fully saturated rings. The molecule has 0 saturated carbocycles. The fourth-order valence-corrected chi connectivity index (χ4v) is 3.33. The lowest BCUT2D eigenvalue weighted by Crippen LogP contribution is -2.21. The Morgan fingerprint density at radius 2 is 1.23 bits per heavy atom. The molecule has 0 N–H and O–H groups in total. The third-order valence-corrected chi connectivity index (χ3v) is 4.94. The van der Waals surface area contributed by atoms with Crippen molar-refractivity contribution in [2.75, 3.05) is 38.7 Å². The third kappa shape index (κ3) is 5.93. The molecule has 0 atom stereocenters. The Hall–Kier alpha value is -1.71. The lowest BCUT2D eigenvalue weighted by Gasteiger charge is -2.14. The van der Waals surface area contributed by atoms with Crippen molar-refractivity contribution in [1.29, 1.82) is 0 Å². The van der Waals surface area contributed by atoms with Crippen LogP contribution in [0.1, 0.15) is 25.7 Å². The average molecular weight is 374 g/mol. The van der Waals surface area contributed by atoms with E-state index in [0.29, 0.717) is 12.5 Å². The van der Waals surface area contributed by atoms with E-state index in [2.05, 4.69) is 41.3 Å². The monoisotopic (exact) mass is 373 g/mol. The molecule has 4 heteroatoms. The minimum atomic E-state index is 0.630. The van der Waals surface area contributed by atoms with Gasteiger partial charge in [0.15, 0.2) is 0 Å². The van der Waals surface area contributed by atoms with Crippen molar-refractivity contribution in [1.82, 2.24) is 4.90 Å². The van der Waals surface area contributed by atoms with Crippen LogP contribution in [0.3, 0.4) is 0 Å². The zero-order valence-electron chi connectivity index (χ0n) is 15.3. The number of nitrogens with zero attached hydrogens (tertiary/aromatic N) is 1. The van der Waals surface area contributed by atoms with Gasteiger partial charge in [-0.05, 0) is 74.2 Å². The van der Waals surface area contributed by atoms with Gasteiger partial charge in [0, 0.05) is 12.4 Å². The van der Waals surface area contributed by atoms with Gasteiger partial charge in [0.25, 0.3) is 0 Å². The van der Waals surface area contributed by atoms with Crippen molar-refractivity contribution in [3.8, 4) is 22.6 Å². The summed E-state index contributed by atoms with van der Waals surface area (Å²) in [5.74, 6) is 2.46. The summed E-state index contributed by atoms with van der Waals surface area (Å²) in [5, 5.41) is 0. The van der Waals surface area contributed by atoms with Gasteiger partial charge in [-0.15, -0.1) is 11.6 Å². The lowest BCUT2D eigenvalue weighted by atomic mass is 10.1. The van der Waals surface area contributed by atoms with Gasteiger partial charge in [0.2, 0.25) is 0 Å². The van der Waals surface area contributed by atoms with Crippen LogP contribution in [-0.4, -0.2) is 43.6 Å². The summed E-state index contributed by atoms with van der Waals surface area (Å²) in [6, 6.07) is 16.5. The maximum absolute atomic E-state index is 5.87. The molecule has 1 aliphatic rings. The predicted octanol–water partition coefficient (Wildman–Crippen LogP) is 5.23. The van der Waals surface area contributed by atoms with E-state index < -0.39 is 0 Å². The molecule has 0 spiro atoms. The predicted molar refractivity (Wildman–Crippen MR) is 108 cm³/mol. The molecule has 2 aromatic carbocycles. The van der Waals surface area contributed by atoms with Crippen LogP contribution in [0.4, 0.5) is 0 Å². The van der Waals surface area contributed by atoms with Crippen molar-refractivity contribution in [2.45, 2.75) is 25.7 Å². The van der Waals surface area contributed by atoms with Crippen molar-refractivity contribution in [2.24, 2.45) is 0 Å². The fourth-order valence-electron chi connectivity index (χ4n) is 3.22. The Labute approximate surface area is 161 Å². The number of hydrogen-bond acceptors (Lipinski definition) is 3. The van der Waals surface area contributed by atoms with Crippen LogP contribution in [-0.2, 0) is 0 Å². The number of hydrogen-bond donors (Lipinski definition) is 0. The van der Waals surface area contributed by atoms with Gasteiger partial charge in [-0.1, -0.05) is 24.3 Å². The highest BCUT2D eigenvalue weighted by molar-refractivity contribution is 6.17. The van der Waals surface area contributed by atoms with Crippen molar-refractivity contribution in [3.63, 3.8) is 0 Å². The number of likely N-dealkylation sites (tertiary alicyclic amines) is 1. The minimum Gasteiger partial charge on any atom is -0.494 e. The molecule has 0 aliphatic carbocycles. The van der Waals surface area contributed by atoms with Crippen LogP contribution in [0.15, 0.2) is 48.5 Å². The van der Waals surface area contributed by atoms with E-state index in [9.17, 15) is 0 Å². The van der Waals surface area contributed by atoms with Gasteiger partial charge in [-0.25, -0.2) is 0 Å². The molecule has 0 radical (unpaired) electrons. The summed E-state index contributed by atoms with van der Waals surface area (Å²) in [7, 11) is 0. The van der Waals surface area contributed by atoms with E-state index in [-0.39, 0.29) is 0 Å². The van der Waals surface area contributed by atoms with Gasteiger partial charge in [0.05, 0.1) is 13.2 Å². The van der Waals surface area contributed by atoms with Gasteiger partial charge < -0.3 is 14.4 Å². The molecule has 0 aromatic heterocycles. The Morgan fingerprint density at radius 3 is 1.73 bits per heavy atom. The van der Waals surface area contributed by atoms with Crippen molar-refractivity contribution in [3.05, 3.63) is 48.5 Å². The molecule has 140 valence electrons. The Kier molecular flexibility index (Phi) is 7.66. The van der Waals surface area contributed by atoms with E-state index in [4.69, 9.17) is 21.1 Å². The van der Waals surface area contributed by atoms with E-state index in [1.165, 1.54) is 37.1 Å². The Bertz CT molecular complexity index is 636. The molecule has 0 amide bonds. The first-order valence-corrected chi connectivity index (χ1v) is 10.1. The third-order valence-electron chi connectivity index (χ3n) is 4.67. The second-order valence-electron chi connectivity index (χ2n) is 6.69. The molecular weight excluding hydrogens is 346 g/mol. The van der Waals surface area contributed by atoms with E-state index in [1.54, 1.807) is 0 Å². The SMILES string of the molecule is ClCCCOc1ccc(-c2ccc(OCCCN3CCCC3)cc2)cc1. The van der Waals surface area contributed by atoms with Crippen molar-refractivity contribution >= 4 is 11.6 Å². The topological polar surface area (TPSA) is 21.7 Å². The highest BCUT2D eigenvalue weighted by atomic mass is 35.5. The maximum atomic E-state index is 5.87. The van der Waals surface area contributed by atoms with Crippen LogP contribution < -0.4 is 9.47 Å². The molecule has 1 heterocycles. The quantitative estimate of drug-likeness (QED) is 0.420. The average Bonchev–Trinajstić information content (AvgIpc) is 3.20.